The molecule has 2 N–H and O–H groups in total. The van der Waals surface area contributed by atoms with Gasteiger partial charge in [0, 0.05) is 73.1 Å². The molecule has 0 atom stereocenters. The molecule has 40 heavy (non-hydrogen) atoms. The zero-order chi connectivity index (χ0) is 27.8. The molecule has 0 aliphatic carbocycles. The van der Waals surface area contributed by atoms with Gasteiger partial charge >= 0.3 is 0 Å². The lowest BCUT2D eigenvalue weighted by Crippen LogP contribution is -2.23. The highest BCUT2D eigenvalue weighted by molar-refractivity contribution is 6.22. The third-order valence-electron chi connectivity index (χ3n) is 7.17. The first-order chi connectivity index (χ1) is 19.4. The van der Waals surface area contributed by atoms with Crippen molar-refractivity contribution in [2.75, 3.05) is 6.54 Å². The number of aromatic hydroxyl groups is 1. The van der Waals surface area contributed by atoms with E-state index in [-0.39, 0.29) is 17.5 Å². The minimum absolute atomic E-state index is 0.0860. The number of hydrogen-bond acceptors (Lipinski definition) is 6. The predicted molar refractivity (Wildman–Crippen MR) is 152 cm³/mol. The van der Waals surface area contributed by atoms with Gasteiger partial charge in [0.25, 0.3) is 5.69 Å². The molecule has 1 aliphatic heterocycles. The maximum atomic E-state index is 12.1. The molecule has 0 radical (unpaired) electrons. The number of nitro groups is 1. The zero-order valence-electron chi connectivity index (χ0n) is 21.7. The monoisotopic (exact) mass is 534 g/mol. The van der Waals surface area contributed by atoms with Crippen molar-refractivity contribution < 1.29 is 14.8 Å². The van der Waals surface area contributed by atoms with Crippen LogP contribution in [-0.2, 0) is 18.4 Å². The van der Waals surface area contributed by atoms with Crippen LogP contribution in [0.5, 0.6) is 5.88 Å². The van der Waals surface area contributed by atoms with Crippen LogP contribution in [0.15, 0.2) is 84.1 Å². The minimum Gasteiger partial charge on any atom is -0.494 e. The first kappa shape index (κ1) is 25.1. The molecule has 1 aliphatic rings. The number of likely N-dealkylation sites (tertiary alicyclic amines) is 1. The molecule has 3 heterocycles. The fourth-order valence-electron chi connectivity index (χ4n) is 5.10. The van der Waals surface area contributed by atoms with Crippen LogP contribution >= 0.6 is 0 Å². The number of nitrogens with one attached hydrogen (secondary N) is 1. The van der Waals surface area contributed by atoms with Crippen LogP contribution in [0.25, 0.3) is 22.3 Å². The Labute approximate surface area is 229 Å². The molecule has 10 heteroatoms. The molecule has 1 saturated heterocycles. The highest BCUT2D eigenvalue weighted by Gasteiger charge is 2.22. The van der Waals surface area contributed by atoms with Gasteiger partial charge in [0.05, 0.1) is 21.9 Å². The smallest absolute Gasteiger partial charge is 0.270 e. The van der Waals surface area contributed by atoms with Gasteiger partial charge < -0.3 is 19.6 Å². The van der Waals surface area contributed by atoms with Crippen LogP contribution in [-0.4, -0.2) is 47.6 Å². The van der Waals surface area contributed by atoms with Crippen molar-refractivity contribution >= 4 is 33.9 Å². The van der Waals surface area contributed by atoms with Crippen molar-refractivity contribution in [1.82, 2.24) is 19.4 Å². The van der Waals surface area contributed by atoms with Crippen LogP contribution in [0.4, 0.5) is 11.4 Å². The lowest BCUT2D eigenvalue weighted by molar-refractivity contribution is -0.384. The molecule has 0 spiro atoms. The number of imidazole rings is 1. The summed E-state index contributed by atoms with van der Waals surface area (Å²) in [6.07, 6.45) is 5.07. The summed E-state index contributed by atoms with van der Waals surface area (Å²) in [5, 5.41) is 23.0. The van der Waals surface area contributed by atoms with E-state index in [0.29, 0.717) is 46.4 Å². The summed E-state index contributed by atoms with van der Waals surface area (Å²) in [4.78, 5) is 37.2. The topological polar surface area (TPSA) is 130 Å². The number of H-pyrrole nitrogens is 1. The summed E-state index contributed by atoms with van der Waals surface area (Å²) in [5.74, 6) is 0.848. The first-order valence-corrected chi connectivity index (χ1v) is 12.9. The van der Waals surface area contributed by atoms with Crippen molar-refractivity contribution in [3.8, 4) is 17.3 Å². The van der Waals surface area contributed by atoms with E-state index in [1.165, 1.54) is 12.1 Å². The number of nitrogens with zero attached hydrogens (tertiary/aromatic N) is 5. The Morgan fingerprint density at radius 3 is 2.55 bits per heavy atom. The van der Waals surface area contributed by atoms with Crippen molar-refractivity contribution in [2.45, 2.75) is 19.4 Å². The van der Waals surface area contributed by atoms with Gasteiger partial charge in [-0.15, -0.1) is 0 Å². The second-order valence-corrected chi connectivity index (χ2v) is 9.82. The molecular formula is C30H26N6O4. The number of hydrogen-bond donors (Lipinski definition) is 2. The normalized spacial score (nSPS) is 13.9. The molecule has 0 saturated carbocycles. The van der Waals surface area contributed by atoms with Gasteiger partial charge in [-0.2, -0.15) is 0 Å². The van der Waals surface area contributed by atoms with Crippen molar-refractivity contribution in [3.05, 3.63) is 106 Å². The molecular weight excluding hydrogens is 508 g/mol. The van der Waals surface area contributed by atoms with E-state index in [9.17, 15) is 20.0 Å². The fraction of sp³-hybridized carbons (Fsp3) is 0.167. The number of aliphatic imine (C=N–C) groups is 1. The summed E-state index contributed by atoms with van der Waals surface area (Å²) in [7, 11) is 1.93. The van der Waals surface area contributed by atoms with E-state index in [1.807, 2.05) is 71.2 Å². The Morgan fingerprint density at radius 1 is 1.12 bits per heavy atom. The first-order valence-electron chi connectivity index (χ1n) is 12.9. The second kappa shape index (κ2) is 10.1. The number of fused-ring (bicyclic) bond motifs is 1. The third-order valence-corrected chi connectivity index (χ3v) is 7.17. The van der Waals surface area contributed by atoms with E-state index in [0.717, 1.165) is 29.9 Å². The van der Waals surface area contributed by atoms with Crippen LogP contribution < -0.4 is 0 Å². The van der Waals surface area contributed by atoms with Crippen molar-refractivity contribution in [2.24, 2.45) is 12.0 Å². The van der Waals surface area contributed by atoms with Gasteiger partial charge in [0.1, 0.15) is 5.82 Å². The lowest BCUT2D eigenvalue weighted by Gasteiger charge is -2.16. The van der Waals surface area contributed by atoms with E-state index in [2.05, 4.69) is 9.97 Å². The molecule has 200 valence electrons. The fourth-order valence-corrected chi connectivity index (χ4v) is 5.10. The number of nitro benzene ring substituents is 1. The minimum atomic E-state index is -0.463. The van der Waals surface area contributed by atoms with Gasteiger partial charge in [0.15, 0.2) is 5.88 Å². The van der Waals surface area contributed by atoms with Gasteiger partial charge in [0.2, 0.25) is 5.91 Å². The Morgan fingerprint density at radius 2 is 1.90 bits per heavy atom. The number of amides is 1. The van der Waals surface area contributed by atoms with Crippen LogP contribution in [0.1, 0.15) is 29.5 Å². The molecule has 6 rings (SSSR count). The largest absolute Gasteiger partial charge is 0.494 e. The number of rotatable bonds is 7. The van der Waals surface area contributed by atoms with Crippen LogP contribution in [0.3, 0.4) is 0 Å². The quantitative estimate of drug-likeness (QED) is 0.162. The predicted octanol–water partition coefficient (Wildman–Crippen LogP) is 5.47. The molecule has 3 aromatic carbocycles. The molecule has 1 fully saturated rings. The van der Waals surface area contributed by atoms with Crippen LogP contribution in [0.2, 0.25) is 0 Å². The molecule has 1 amide bonds. The Hall–Kier alpha value is -5.25. The average Bonchev–Trinajstić information content (AvgIpc) is 3.65. The summed E-state index contributed by atoms with van der Waals surface area (Å²) >= 11 is 0. The zero-order valence-corrected chi connectivity index (χ0v) is 21.7. The maximum Gasteiger partial charge on any atom is 0.270 e. The lowest BCUT2D eigenvalue weighted by atomic mass is 9.99. The van der Waals surface area contributed by atoms with Gasteiger partial charge in [-0.05, 0) is 42.3 Å². The van der Waals surface area contributed by atoms with E-state index < -0.39 is 4.92 Å². The SMILES string of the molecule is Cn1ccnc1-c1ccc(N=C(c2ccc(CN3CCCC3=O)cc2)c2c(O)[nH]c3ccc([N+](=O)[O-])cc23)cc1. The van der Waals surface area contributed by atoms with Crippen molar-refractivity contribution in [1.29, 1.82) is 0 Å². The summed E-state index contributed by atoms with van der Waals surface area (Å²) in [5.41, 5.74) is 4.56. The van der Waals surface area contributed by atoms with Crippen molar-refractivity contribution in [3.63, 3.8) is 0 Å². The molecule has 5 aromatic rings. The molecule has 0 bridgehead atoms. The Balaban J connectivity index is 1.44. The maximum absolute atomic E-state index is 12.1. The van der Waals surface area contributed by atoms with Crippen LogP contribution in [0, 0.1) is 10.1 Å². The van der Waals surface area contributed by atoms with Gasteiger partial charge in [-0.25, -0.2) is 9.98 Å². The second-order valence-electron chi connectivity index (χ2n) is 9.82. The molecule has 10 nitrogen and oxygen atoms in total. The van der Waals surface area contributed by atoms with Gasteiger partial charge in [-0.1, -0.05) is 24.3 Å². The number of carbonyl (C=O) groups is 1. The highest BCUT2D eigenvalue weighted by Crippen LogP contribution is 2.34. The molecule has 2 aromatic heterocycles. The number of benzene rings is 3. The van der Waals surface area contributed by atoms with E-state index in [1.54, 1.807) is 12.3 Å². The number of carbonyl (C=O) groups excluding carboxylic acids is 1. The highest BCUT2D eigenvalue weighted by atomic mass is 16.6. The average molecular weight is 535 g/mol. The summed E-state index contributed by atoms with van der Waals surface area (Å²) in [6, 6.07) is 19.7. The number of aryl methyl sites for hydroxylation is 1. The number of non-ortho nitro benzene ring substituents is 1. The molecule has 0 unspecified atom stereocenters. The van der Waals surface area contributed by atoms with Gasteiger partial charge in [-0.3, -0.25) is 14.9 Å². The standard InChI is InChI=1S/C30H26N6O4/c1-34-16-14-31-29(34)21-8-10-22(11-9-21)32-28(20-6-4-19(5-7-20)18-35-15-2-3-26(35)37)27-24-17-23(36(39)40)12-13-25(24)33-30(27)38/h4-14,16-17,33,38H,2-3,15,18H2,1H3. The Kier molecular flexibility index (Phi) is 6.35. The third kappa shape index (κ3) is 4.71. The van der Waals surface area contributed by atoms with E-state index in [4.69, 9.17) is 4.99 Å². The van der Waals surface area contributed by atoms with E-state index >= 15 is 0 Å². The Bertz CT molecular complexity index is 1770. The number of aromatic amines is 1. The summed E-state index contributed by atoms with van der Waals surface area (Å²) < 4.78 is 1.93. The summed E-state index contributed by atoms with van der Waals surface area (Å²) in [6.45, 7) is 1.29. The number of aromatic nitrogens is 3.